The van der Waals surface area contributed by atoms with E-state index < -0.39 is 0 Å². The minimum absolute atomic E-state index is 0. The quantitative estimate of drug-likeness (QED) is 0.825. The average molecular weight is 375 g/mol. The molecule has 1 aliphatic heterocycles. The van der Waals surface area contributed by atoms with Gasteiger partial charge >= 0.3 is 0 Å². The van der Waals surface area contributed by atoms with E-state index in [9.17, 15) is 4.79 Å². The van der Waals surface area contributed by atoms with Crippen LogP contribution in [0.15, 0.2) is 30.3 Å². The molecule has 0 N–H and O–H groups in total. The molecule has 0 saturated carbocycles. The molecule has 0 unspecified atom stereocenters. The topological polar surface area (TPSA) is 58.6 Å². The first-order chi connectivity index (χ1) is 12.3. The molecule has 6 nitrogen and oxygen atoms in total. The lowest BCUT2D eigenvalue weighted by molar-refractivity contribution is 0.0739. The number of ether oxygens (including phenoxy) is 1. The van der Waals surface area contributed by atoms with Crippen LogP contribution >= 0.6 is 12.4 Å². The molecule has 0 atom stereocenters. The summed E-state index contributed by atoms with van der Waals surface area (Å²) in [5.74, 6) is 0.855. The van der Waals surface area contributed by atoms with Crippen LogP contribution in [0.1, 0.15) is 28.2 Å². The number of piperazine rings is 1. The van der Waals surface area contributed by atoms with Crippen LogP contribution in [0.5, 0.6) is 5.75 Å². The Labute approximate surface area is 159 Å². The van der Waals surface area contributed by atoms with E-state index in [0.29, 0.717) is 18.8 Å². The Morgan fingerprint density at radius 2 is 1.85 bits per heavy atom. The van der Waals surface area contributed by atoms with Crippen LogP contribution in [0.4, 0.5) is 5.69 Å². The fourth-order valence-corrected chi connectivity index (χ4v) is 3.64. The van der Waals surface area contributed by atoms with Gasteiger partial charge in [0.2, 0.25) is 0 Å². The largest absolute Gasteiger partial charge is 0.495 e. The maximum atomic E-state index is 12.7. The lowest BCUT2D eigenvalue weighted by atomic mass is 10.2. The normalized spacial score (nSPS) is 16.0. The van der Waals surface area contributed by atoms with Gasteiger partial charge in [-0.1, -0.05) is 12.1 Å². The Balaban J connectivity index is 0.00000196. The zero-order valence-corrected chi connectivity index (χ0v) is 15.7. The number of rotatable bonds is 3. The molecule has 2 aliphatic rings. The van der Waals surface area contributed by atoms with E-state index in [-0.39, 0.29) is 18.3 Å². The van der Waals surface area contributed by atoms with Gasteiger partial charge in [-0.05, 0) is 43.0 Å². The zero-order valence-electron chi connectivity index (χ0n) is 14.9. The number of nitrogens with zero attached hydrogens (tertiary/aromatic N) is 4. The summed E-state index contributed by atoms with van der Waals surface area (Å²) in [4.78, 5) is 16.9. The zero-order chi connectivity index (χ0) is 17.2. The molecule has 0 radical (unpaired) electrons. The van der Waals surface area contributed by atoms with Crippen LogP contribution in [-0.2, 0) is 12.8 Å². The number of carbonyl (C=O) groups excluding carboxylic acids is 1. The van der Waals surface area contributed by atoms with Crippen LogP contribution in [-0.4, -0.2) is 54.3 Å². The number of fused-ring (bicyclic) bond motifs is 1. The molecule has 0 spiro atoms. The minimum Gasteiger partial charge on any atom is -0.495 e. The molecule has 4 rings (SSSR count). The van der Waals surface area contributed by atoms with Crippen molar-refractivity contribution < 1.29 is 9.53 Å². The monoisotopic (exact) mass is 374 g/mol. The molecule has 1 aromatic carbocycles. The molecule has 26 heavy (non-hydrogen) atoms. The standard InChI is InChI=1S/C19H22N4O2.ClH/c1-25-18-8-3-2-7-17(18)22-9-11-23(12-10-22)19(24)16-13-14-5-4-6-15(14)20-21-16;/h2-3,7-8,13H,4-6,9-12H2,1H3;1H. The number of hydrogen-bond acceptors (Lipinski definition) is 5. The summed E-state index contributed by atoms with van der Waals surface area (Å²) >= 11 is 0. The number of hydrogen-bond donors (Lipinski definition) is 0. The first-order valence-electron chi connectivity index (χ1n) is 8.79. The summed E-state index contributed by atoms with van der Waals surface area (Å²) < 4.78 is 5.44. The molecular weight excluding hydrogens is 352 g/mol. The maximum Gasteiger partial charge on any atom is 0.274 e. The van der Waals surface area contributed by atoms with Gasteiger partial charge in [0.05, 0.1) is 18.5 Å². The number of amides is 1. The SMILES string of the molecule is COc1ccccc1N1CCN(C(=O)c2cc3c(nn2)CCC3)CC1.Cl. The molecule has 1 aromatic heterocycles. The predicted molar refractivity (Wildman–Crippen MR) is 102 cm³/mol. The van der Waals surface area contributed by atoms with Gasteiger partial charge in [-0.25, -0.2) is 0 Å². The molecule has 1 amide bonds. The molecule has 2 aromatic rings. The van der Waals surface area contributed by atoms with Gasteiger partial charge in [-0.15, -0.1) is 17.5 Å². The second kappa shape index (κ2) is 7.91. The van der Waals surface area contributed by atoms with E-state index in [1.807, 2.05) is 29.2 Å². The van der Waals surface area contributed by atoms with E-state index >= 15 is 0 Å². The summed E-state index contributed by atoms with van der Waals surface area (Å²) in [5, 5.41) is 8.39. The molecule has 2 heterocycles. The summed E-state index contributed by atoms with van der Waals surface area (Å²) in [6.45, 7) is 2.92. The van der Waals surface area contributed by atoms with Gasteiger partial charge in [0.15, 0.2) is 5.69 Å². The number of aromatic nitrogens is 2. The summed E-state index contributed by atoms with van der Waals surface area (Å²) in [6, 6.07) is 9.93. The number of carbonyl (C=O) groups is 1. The van der Waals surface area contributed by atoms with Crippen molar-refractivity contribution in [2.24, 2.45) is 0 Å². The summed E-state index contributed by atoms with van der Waals surface area (Å²) in [5.41, 5.74) is 3.80. The van der Waals surface area contributed by atoms with Crippen molar-refractivity contribution >= 4 is 24.0 Å². The third-order valence-electron chi connectivity index (χ3n) is 5.03. The molecule has 138 valence electrons. The third kappa shape index (κ3) is 3.46. The highest BCUT2D eigenvalue weighted by molar-refractivity contribution is 5.92. The van der Waals surface area contributed by atoms with E-state index in [1.54, 1.807) is 7.11 Å². The second-order valence-corrected chi connectivity index (χ2v) is 6.51. The van der Waals surface area contributed by atoms with Crippen molar-refractivity contribution in [1.29, 1.82) is 0 Å². The number of anilines is 1. The highest BCUT2D eigenvalue weighted by atomic mass is 35.5. The predicted octanol–water partition coefficient (Wildman–Crippen LogP) is 2.36. The fourth-order valence-electron chi connectivity index (χ4n) is 3.64. The van der Waals surface area contributed by atoms with Crippen molar-refractivity contribution in [2.75, 3.05) is 38.2 Å². The fraction of sp³-hybridized carbons (Fsp3) is 0.421. The number of para-hydroxylation sites is 2. The number of methoxy groups -OCH3 is 1. The minimum atomic E-state index is -0.0122. The van der Waals surface area contributed by atoms with Crippen molar-refractivity contribution in [1.82, 2.24) is 15.1 Å². The van der Waals surface area contributed by atoms with Gasteiger partial charge in [-0.2, -0.15) is 5.10 Å². The van der Waals surface area contributed by atoms with Crippen LogP contribution in [0.2, 0.25) is 0 Å². The van der Waals surface area contributed by atoms with Gasteiger partial charge in [-0.3, -0.25) is 4.79 Å². The smallest absolute Gasteiger partial charge is 0.274 e. The van der Waals surface area contributed by atoms with Crippen molar-refractivity contribution in [3.63, 3.8) is 0 Å². The third-order valence-corrected chi connectivity index (χ3v) is 5.03. The van der Waals surface area contributed by atoms with Crippen molar-refractivity contribution in [2.45, 2.75) is 19.3 Å². The molecular formula is C19H23ClN4O2. The van der Waals surface area contributed by atoms with Crippen LogP contribution in [0.3, 0.4) is 0 Å². The highest BCUT2D eigenvalue weighted by Crippen LogP contribution is 2.28. The second-order valence-electron chi connectivity index (χ2n) is 6.51. The summed E-state index contributed by atoms with van der Waals surface area (Å²) in [7, 11) is 1.69. The molecule has 1 fully saturated rings. The number of halogens is 1. The Kier molecular flexibility index (Phi) is 5.61. The Morgan fingerprint density at radius 3 is 2.62 bits per heavy atom. The first-order valence-corrected chi connectivity index (χ1v) is 8.79. The number of aryl methyl sites for hydroxylation is 2. The Hall–Kier alpha value is -2.34. The maximum absolute atomic E-state index is 12.7. The highest BCUT2D eigenvalue weighted by Gasteiger charge is 2.25. The van der Waals surface area contributed by atoms with Crippen LogP contribution in [0.25, 0.3) is 0 Å². The lowest BCUT2D eigenvalue weighted by Crippen LogP contribution is -2.49. The van der Waals surface area contributed by atoms with Crippen LogP contribution in [0, 0.1) is 0 Å². The molecule has 1 aliphatic carbocycles. The Morgan fingerprint density at radius 1 is 1.08 bits per heavy atom. The summed E-state index contributed by atoms with van der Waals surface area (Å²) in [6.07, 6.45) is 3.10. The van der Waals surface area contributed by atoms with Gasteiger partial charge < -0.3 is 14.5 Å². The molecule has 7 heteroatoms. The van der Waals surface area contributed by atoms with Gasteiger partial charge in [0, 0.05) is 26.2 Å². The average Bonchev–Trinajstić information content (AvgIpc) is 3.15. The van der Waals surface area contributed by atoms with Gasteiger partial charge in [0.25, 0.3) is 5.91 Å². The number of benzene rings is 1. The first kappa shape index (κ1) is 18.5. The van der Waals surface area contributed by atoms with E-state index in [4.69, 9.17) is 4.74 Å². The molecule has 1 saturated heterocycles. The van der Waals surface area contributed by atoms with E-state index in [0.717, 1.165) is 49.5 Å². The lowest BCUT2D eigenvalue weighted by Gasteiger charge is -2.36. The van der Waals surface area contributed by atoms with E-state index in [2.05, 4.69) is 21.2 Å². The van der Waals surface area contributed by atoms with E-state index in [1.165, 1.54) is 5.56 Å². The van der Waals surface area contributed by atoms with Crippen molar-refractivity contribution in [3.05, 3.63) is 47.3 Å². The Bertz CT molecular complexity index is 791. The van der Waals surface area contributed by atoms with Gasteiger partial charge in [0.1, 0.15) is 5.75 Å². The van der Waals surface area contributed by atoms with Crippen molar-refractivity contribution in [3.8, 4) is 5.75 Å². The van der Waals surface area contributed by atoms with Crippen LogP contribution < -0.4 is 9.64 Å². The molecule has 0 bridgehead atoms.